The lowest BCUT2D eigenvalue weighted by Gasteiger charge is -2.37. The molecule has 4 heteroatoms. The molecule has 2 heterocycles. The van der Waals surface area contributed by atoms with E-state index in [4.69, 9.17) is 17.3 Å². The third-order valence-corrected chi connectivity index (χ3v) is 4.82. The van der Waals surface area contributed by atoms with Gasteiger partial charge < -0.3 is 5.73 Å². The van der Waals surface area contributed by atoms with Crippen LogP contribution in [-0.2, 0) is 0 Å². The molecule has 1 fully saturated rings. The number of hydrogen-bond donors (Lipinski definition) is 1. The first-order chi connectivity index (χ1) is 7.54. The van der Waals surface area contributed by atoms with Crippen LogP contribution in [0.2, 0.25) is 4.34 Å². The monoisotopic (exact) mass is 258 g/mol. The van der Waals surface area contributed by atoms with E-state index in [1.807, 2.05) is 6.07 Å². The van der Waals surface area contributed by atoms with Crippen molar-refractivity contribution in [2.75, 3.05) is 13.1 Å². The number of nitrogens with zero attached hydrogens (tertiary/aromatic N) is 1. The van der Waals surface area contributed by atoms with E-state index in [1.54, 1.807) is 11.3 Å². The second kappa shape index (κ2) is 4.65. The summed E-state index contributed by atoms with van der Waals surface area (Å²) in [4.78, 5) is 3.82. The van der Waals surface area contributed by atoms with Crippen molar-refractivity contribution in [3.63, 3.8) is 0 Å². The Morgan fingerprint density at radius 3 is 2.75 bits per heavy atom. The molecule has 0 radical (unpaired) electrons. The minimum absolute atomic E-state index is 0.264. The van der Waals surface area contributed by atoms with Crippen LogP contribution in [0, 0.1) is 0 Å². The molecule has 90 valence electrons. The van der Waals surface area contributed by atoms with Gasteiger partial charge in [0.25, 0.3) is 0 Å². The maximum absolute atomic E-state index is 6.00. The zero-order valence-corrected chi connectivity index (χ0v) is 11.4. The Balaban J connectivity index is 2.23. The van der Waals surface area contributed by atoms with Gasteiger partial charge in [0, 0.05) is 17.0 Å². The van der Waals surface area contributed by atoms with Crippen molar-refractivity contribution in [2.24, 2.45) is 5.73 Å². The van der Waals surface area contributed by atoms with Crippen molar-refractivity contribution in [3.05, 3.63) is 21.3 Å². The minimum atomic E-state index is 0.264. The summed E-state index contributed by atoms with van der Waals surface area (Å²) in [7, 11) is 0. The molecule has 1 aromatic rings. The molecule has 0 saturated carbocycles. The van der Waals surface area contributed by atoms with E-state index in [-0.39, 0.29) is 5.54 Å². The standard InChI is InChI=1S/C12H19ClN2S/c1-12(2)6-3-7-15(12)9(8-14)10-4-5-11(13)16-10/h4-5,9H,3,6-8,14H2,1-2H3. The number of hydrogen-bond acceptors (Lipinski definition) is 3. The summed E-state index contributed by atoms with van der Waals surface area (Å²) in [5.41, 5.74) is 6.20. The Morgan fingerprint density at radius 2 is 2.31 bits per heavy atom. The fourth-order valence-corrected chi connectivity index (χ4v) is 3.80. The van der Waals surface area contributed by atoms with Crippen LogP contribution in [0.1, 0.15) is 37.6 Å². The SMILES string of the molecule is CC1(C)CCCN1C(CN)c1ccc(Cl)s1. The molecule has 1 aliphatic rings. The summed E-state index contributed by atoms with van der Waals surface area (Å²) >= 11 is 7.65. The Bertz CT molecular complexity index is 362. The highest BCUT2D eigenvalue weighted by molar-refractivity contribution is 7.16. The minimum Gasteiger partial charge on any atom is -0.329 e. The molecule has 0 spiro atoms. The third kappa shape index (κ3) is 2.28. The zero-order valence-electron chi connectivity index (χ0n) is 9.87. The molecule has 2 rings (SSSR count). The summed E-state index contributed by atoms with van der Waals surface area (Å²) in [5.74, 6) is 0. The maximum atomic E-state index is 6.00. The van der Waals surface area contributed by atoms with Gasteiger partial charge >= 0.3 is 0 Å². The van der Waals surface area contributed by atoms with E-state index in [0.29, 0.717) is 12.6 Å². The molecule has 0 amide bonds. The number of nitrogens with two attached hydrogens (primary N) is 1. The average molecular weight is 259 g/mol. The lowest BCUT2D eigenvalue weighted by molar-refractivity contribution is 0.121. The van der Waals surface area contributed by atoms with E-state index in [9.17, 15) is 0 Å². The van der Waals surface area contributed by atoms with Crippen molar-refractivity contribution in [1.82, 2.24) is 4.90 Å². The van der Waals surface area contributed by atoms with Crippen LogP contribution in [0.3, 0.4) is 0 Å². The fraction of sp³-hybridized carbons (Fsp3) is 0.667. The predicted octanol–water partition coefficient (Wildman–Crippen LogP) is 3.28. The summed E-state index contributed by atoms with van der Waals surface area (Å²) in [6.07, 6.45) is 2.52. The molecule has 2 nitrogen and oxygen atoms in total. The van der Waals surface area contributed by atoms with Crippen molar-refractivity contribution in [3.8, 4) is 0 Å². The summed E-state index contributed by atoms with van der Waals surface area (Å²) in [6.45, 7) is 6.42. The van der Waals surface area contributed by atoms with Crippen LogP contribution in [0.4, 0.5) is 0 Å². The number of likely N-dealkylation sites (tertiary alicyclic amines) is 1. The van der Waals surface area contributed by atoms with Gasteiger partial charge in [-0.1, -0.05) is 11.6 Å². The highest BCUT2D eigenvalue weighted by Crippen LogP contribution is 2.38. The van der Waals surface area contributed by atoms with Crippen LogP contribution in [0.5, 0.6) is 0 Å². The summed E-state index contributed by atoms with van der Waals surface area (Å²) < 4.78 is 0.852. The van der Waals surface area contributed by atoms with Crippen LogP contribution < -0.4 is 5.73 Å². The highest BCUT2D eigenvalue weighted by Gasteiger charge is 2.37. The molecule has 1 aromatic heterocycles. The molecule has 1 atom stereocenters. The fourth-order valence-electron chi connectivity index (χ4n) is 2.61. The average Bonchev–Trinajstić information content (AvgIpc) is 2.76. The number of thiophene rings is 1. The first kappa shape index (κ1) is 12.4. The quantitative estimate of drug-likeness (QED) is 0.902. The number of halogens is 1. The van der Waals surface area contributed by atoms with Crippen molar-refractivity contribution in [2.45, 2.75) is 38.3 Å². The van der Waals surface area contributed by atoms with E-state index < -0.39 is 0 Å². The van der Waals surface area contributed by atoms with Crippen LogP contribution in [-0.4, -0.2) is 23.5 Å². The lowest BCUT2D eigenvalue weighted by Crippen LogP contribution is -2.43. The Hall–Kier alpha value is -0.0900. The normalized spacial score (nSPS) is 22.5. The highest BCUT2D eigenvalue weighted by atomic mass is 35.5. The van der Waals surface area contributed by atoms with E-state index in [1.165, 1.54) is 17.7 Å². The van der Waals surface area contributed by atoms with Gasteiger partial charge in [0.1, 0.15) is 0 Å². The summed E-state index contributed by atoms with van der Waals surface area (Å²) in [5, 5.41) is 0. The molecule has 0 aromatic carbocycles. The predicted molar refractivity (Wildman–Crippen MR) is 71.1 cm³/mol. The second-order valence-electron chi connectivity index (χ2n) is 5.00. The van der Waals surface area contributed by atoms with Gasteiger partial charge in [0.15, 0.2) is 0 Å². The third-order valence-electron chi connectivity index (χ3n) is 3.49. The molecule has 0 aliphatic carbocycles. The first-order valence-electron chi connectivity index (χ1n) is 5.76. The van der Waals surface area contributed by atoms with E-state index in [0.717, 1.165) is 10.9 Å². The topological polar surface area (TPSA) is 29.3 Å². The van der Waals surface area contributed by atoms with Gasteiger partial charge in [0.2, 0.25) is 0 Å². The largest absolute Gasteiger partial charge is 0.329 e. The summed E-state index contributed by atoms with van der Waals surface area (Å²) in [6, 6.07) is 4.40. The number of rotatable bonds is 3. The van der Waals surface area contributed by atoms with Gasteiger partial charge in [-0.15, -0.1) is 11.3 Å². The molecular formula is C12H19ClN2S. The second-order valence-corrected chi connectivity index (χ2v) is 6.75. The van der Waals surface area contributed by atoms with E-state index >= 15 is 0 Å². The van der Waals surface area contributed by atoms with Gasteiger partial charge in [-0.3, -0.25) is 4.90 Å². The maximum Gasteiger partial charge on any atom is 0.0931 e. The van der Waals surface area contributed by atoms with Gasteiger partial charge in [-0.05, 0) is 45.4 Å². The molecule has 1 aliphatic heterocycles. The molecule has 16 heavy (non-hydrogen) atoms. The molecule has 1 unspecified atom stereocenters. The lowest BCUT2D eigenvalue weighted by atomic mass is 10.00. The van der Waals surface area contributed by atoms with Crippen LogP contribution >= 0.6 is 22.9 Å². The van der Waals surface area contributed by atoms with Crippen LogP contribution in [0.25, 0.3) is 0 Å². The Kier molecular flexibility index (Phi) is 3.59. The van der Waals surface area contributed by atoms with Gasteiger partial charge in [-0.25, -0.2) is 0 Å². The molecular weight excluding hydrogens is 240 g/mol. The van der Waals surface area contributed by atoms with Crippen LogP contribution in [0.15, 0.2) is 12.1 Å². The Labute approximate surface area is 106 Å². The van der Waals surface area contributed by atoms with Crippen molar-refractivity contribution >= 4 is 22.9 Å². The smallest absolute Gasteiger partial charge is 0.0931 e. The van der Waals surface area contributed by atoms with Crippen molar-refractivity contribution < 1.29 is 0 Å². The first-order valence-corrected chi connectivity index (χ1v) is 6.96. The zero-order chi connectivity index (χ0) is 11.8. The van der Waals surface area contributed by atoms with Gasteiger partial charge in [0.05, 0.1) is 10.4 Å². The molecule has 1 saturated heterocycles. The Morgan fingerprint density at radius 1 is 1.56 bits per heavy atom. The van der Waals surface area contributed by atoms with Gasteiger partial charge in [-0.2, -0.15) is 0 Å². The van der Waals surface area contributed by atoms with Crippen molar-refractivity contribution in [1.29, 1.82) is 0 Å². The van der Waals surface area contributed by atoms with E-state index in [2.05, 4.69) is 24.8 Å². The molecule has 2 N–H and O–H groups in total. The molecule has 0 bridgehead atoms.